The molecule has 11 heteroatoms. The van der Waals surface area contributed by atoms with Gasteiger partial charge in [0.05, 0.1) is 13.0 Å². The molecular formula is C9H14N6O5. The van der Waals surface area contributed by atoms with Crippen molar-refractivity contribution in [2.75, 3.05) is 6.54 Å². The normalized spacial score (nSPS) is 11.7. The van der Waals surface area contributed by atoms with E-state index in [2.05, 4.69) is 20.8 Å². The Hall–Kier alpha value is -2.69. The summed E-state index contributed by atoms with van der Waals surface area (Å²) in [6.07, 6.45) is -0.285. The molecule has 0 spiro atoms. The molecule has 0 aromatic carbocycles. The zero-order valence-corrected chi connectivity index (χ0v) is 10.3. The average Bonchev–Trinajstić information content (AvgIpc) is 2.83. The number of rotatable bonds is 7. The van der Waals surface area contributed by atoms with Gasteiger partial charge in [-0.15, -0.1) is 0 Å². The van der Waals surface area contributed by atoms with Crippen LogP contribution in [-0.2, 0) is 16.1 Å². The van der Waals surface area contributed by atoms with Gasteiger partial charge in [0, 0.05) is 0 Å². The molecule has 0 aliphatic carbocycles. The highest BCUT2D eigenvalue weighted by molar-refractivity contribution is 5.81. The predicted molar refractivity (Wildman–Crippen MR) is 62.9 cm³/mol. The fraction of sp³-hybridized carbons (Fsp3) is 0.444. The number of carbonyl (C=O) groups excluding carboxylic acids is 2. The van der Waals surface area contributed by atoms with E-state index in [1.54, 1.807) is 0 Å². The number of aliphatic carboxylic acids is 1. The maximum atomic E-state index is 11.4. The van der Waals surface area contributed by atoms with E-state index in [4.69, 9.17) is 21.1 Å². The van der Waals surface area contributed by atoms with Crippen molar-refractivity contribution in [3.8, 4) is 0 Å². The third kappa shape index (κ3) is 4.89. The standard InChI is InChI=1S/C9H14N6O5/c10-2-6-14-8(20-15-6)4(1-5(11)16)13-9(19)12-3-7(17)18/h4H,1-3,10H2,(H2,11,16)(H,17,18)(H2,12,13,19). The fourth-order valence-corrected chi connectivity index (χ4v) is 1.26. The molecule has 0 fully saturated rings. The van der Waals surface area contributed by atoms with Gasteiger partial charge < -0.3 is 31.7 Å². The lowest BCUT2D eigenvalue weighted by Gasteiger charge is -2.13. The topological polar surface area (TPSA) is 186 Å². The quantitative estimate of drug-likeness (QED) is 0.374. The Bertz CT molecular complexity index is 501. The zero-order valence-electron chi connectivity index (χ0n) is 10.3. The Balaban J connectivity index is 2.71. The van der Waals surface area contributed by atoms with Crippen molar-refractivity contribution in [3.63, 3.8) is 0 Å². The fourth-order valence-electron chi connectivity index (χ4n) is 1.26. The molecule has 0 aliphatic rings. The molecule has 1 unspecified atom stereocenters. The third-order valence-electron chi connectivity index (χ3n) is 2.08. The second kappa shape index (κ2) is 7.04. The first-order valence-corrected chi connectivity index (χ1v) is 5.49. The molecule has 0 bridgehead atoms. The van der Waals surface area contributed by atoms with E-state index >= 15 is 0 Å². The molecule has 3 amide bonds. The van der Waals surface area contributed by atoms with Crippen LogP contribution >= 0.6 is 0 Å². The Morgan fingerprint density at radius 3 is 2.60 bits per heavy atom. The number of hydrogen-bond donors (Lipinski definition) is 5. The van der Waals surface area contributed by atoms with Gasteiger partial charge in [-0.05, 0) is 0 Å². The molecule has 1 aromatic rings. The number of nitrogens with two attached hydrogens (primary N) is 2. The van der Waals surface area contributed by atoms with Gasteiger partial charge in [-0.1, -0.05) is 5.16 Å². The number of urea groups is 1. The number of carboxylic acids is 1. The highest BCUT2D eigenvalue weighted by Gasteiger charge is 2.23. The summed E-state index contributed by atoms with van der Waals surface area (Å²) in [6.45, 7) is -0.551. The second-order valence-electron chi connectivity index (χ2n) is 3.70. The van der Waals surface area contributed by atoms with Crippen molar-refractivity contribution in [2.45, 2.75) is 19.0 Å². The number of amides is 3. The lowest BCUT2D eigenvalue weighted by molar-refractivity contribution is -0.135. The summed E-state index contributed by atoms with van der Waals surface area (Å²) in [5.41, 5.74) is 10.4. The Labute approximate surface area is 112 Å². The minimum Gasteiger partial charge on any atom is -0.480 e. The van der Waals surface area contributed by atoms with Crippen molar-refractivity contribution in [3.05, 3.63) is 11.7 Å². The Morgan fingerprint density at radius 1 is 1.40 bits per heavy atom. The van der Waals surface area contributed by atoms with E-state index in [0.717, 1.165) is 0 Å². The highest BCUT2D eigenvalue weighted by atomic mass is 16.5. The summed E-state index contributed by atoms with van der Waals surface area (Å²) in [5, 5.41) is 16.3. The third-order valence-corrected chi connectivity index (χ3v) is 2.08. The van der Waals surface area contributed by atoms with Crippen molar-refractivity contribution < 1.29 is 24.0 Å². The number of aromatic nitrogens is 2. The van der Waals surface area contributed by atoms with E-state index in [9.17, 15) is 14.4 Å². The molecule has 0 saturated heterocycles. The zero-order chi connectivity index (χ0) is 15.1. The van der Waals surface area contributed by atoms with Crippen LogP contribution in [0.1, 0.15) is 24.2 Å². The van der Waals surface area contributed by atoms with Gasteiger partial charge in [-0.3, -0.25) is 9.59 Å². The molecule has 110 valence electrons. The minimum atomic E-state index is -1.21. The van der Waals surface area contributed by atoms with Crippen LogP contribution in [0.2, 0.25) is 0 Å². The first-order chi connectivity index (χ1) is 9.42. The summed E-state index contributed by atoms with van der Waals surface area (Å²) >= 11 is 0. The van der Waals surface area contributed by atoms with Crippen LogP contribution < -0.4 is 22.1 Å². The SMILES string of the molecule is NCc1noc(C(CC(N)=O)NC(=O)NCC(=O)O)n1. The van der Waals surface area contributed by atoms with Crippen molar-refractivity contribution >= 4 is 17.9 Å². The van der Waals surface area contributed by atoms with E-state index < -0.39 is 30.5 Å². The van der Waals surface area contributed by atoms with Gasteiger partial charge in [0.15, 0.2) is 5.82 Å². The Morgan fingerprint density at radius 2 is 2.10 bits per heavy atom. The van der Waals surface area contributed by atoms with Crippen LogP contribution in [0.4, 0.5) is 4.79 Å². The number of primary amides is 1. The molecule has 0 saturated carbocycles. The molecule has 1 rings (SSSR count). The summed E-state index contributed by atoms with van der Waals surface area (Å²) < 4.78 is 4.84. The summed E-state index contributed by atoms with van der Waals surface area (Å²) in [4.78, 5) is 36.6. The number of nitrogens with one attached hydrogen (secondary N) is 2. The van der Waals surface area contributed by atoms with Crippen LogP contribution in [0.5, 0.6) is 0 Å². The molecular weight excluding hydrogens is 272 g/mol. The monoisotopic (exact) mass is 286 g/mol. The number of carboxylic acid groups (broad SMARTS) is 1. The van der Waals surface area contributed by atoms with Crippen LogP contribution in [-0.4, -0.2) is 39.7 Å². The first kappa shape index (κ1) is 15.4. The molecule has 7 N–H and O–H groups in total. The van der Waals surface area contributed by atoms with E-state index in [1.807, 2.05) is 0 Å². The number of hydrogen-bond acceptors (Lipinski definition) is 7. The van der Waals surface area contributed by atoms with Gasteiger partial charge in [-0.25, -0.2) is 4.79 Å². The van der Waals surface area contributed by atoms with Crippen molar-refractivity contribution in [2.24, 2.45) is 11.5 Å². The largest absolute Gasteiger partial charge is 0.480 e. The van der Waals surface area contributed by atoms with Gasteiger partial charge in [0.2, 0.25) is 11.8 Å². The lowest BCUT2D eigenvalue weighted by Crippen LogP contribution is -2.41. The maximum Gasteiger partial charge on any atom is 0.323 e. The van der Waals surface area contributed by atoms with Crippen LogP contribution in [0.3, 0.4) is 0 Å². The average molecular weight is 286 g/mol. The summed E-state index contributed by atoms with van der Waals surface area (Å²) in [7, 11) is 0. The minimum absolute atomic E-state index is 0.0258. The molecule has 1 aromatic heterocycles. The van der Waals surface area contributed by atoms with Crippen LogP contribution in [0.15, 0.2) is 4.52 Å². The molecule has 0 aliphatic heterocycles. The Kier molecular flexibility index (Phi) is 5.41. The van der Waals surface area contributed by atoms with Gasteiger partial charge in [-0.2, -0.15) is 4.98 Å². The summed E-state index contributed by atoms with van der Waals surface area (Å²) in [6, 6.07) is -1.78. The van der Waals surface area contributed by atoms with Gasteiger partial charge in [0.25, 0.3) is 0 Å². The van der Waals surface area contributed by atoms with Crippen molar-refractivity contribution in [1.82, 2.24) is 20.8 Å². The lowest BCUT2D eigenvalue weighted by atomic mass is 10.2. The van der Waals surface area contributed by atoms with Gasteiger partial charge in [0.1, 0.15) is 12.6 Å². The summed E-state index contributed by atoms with van der Waals surface area (Å²) in [5.74, 6) is -1.77. The number of carbonyl (C=O) groups is 3. The van der Waals surface area contributed by atoms with E-state index in [0.29, 0.717) is 0 Å². The van der Waals surface area contributed by atoms with Crippen molar-refractivity contribution in [1.29, 1.82) is 0 Å². The highest BCUT2D eigenvalue weighted by Crippen LogP contribution is 2.14. The maximum absolute atomic E-state index is 11.4. The van der Waals surface area contributed by atoms with Crippen LogP contribution in [0.25, 0.3) is 0 Å². The number of nitrogens with zero attached hydrogens (tertiary/aromatic N) is 2. The van der Waals surface area contributed by atoms with Crippen LogP contribution in [0, 0.1) is 0 Å². The predicted octanol–water partition coefficient (Wildman–Crippen LogP) is -2.17. The second-order valence-corrected chi connectivity index (χ2v) is 3.70. The molecule has 1 atom stereocenters. The molecule has 20 heavy (non-hydrogen) atoms. The van der Waals surface area contributed by atoms with E-state index in [1.165, 1.54) is 0 Å². The van der Waals surface area contributed by atoms with Gasteiger partial charge >= 0.3 is 12.0 Å². The molecule has 0 radical (unpaired) electrons. The molecule has 1 heterocycles. The smallest absolute Gasteiger partial charge is 0.323 e. The van der Waals surface area contributed by atoms with E-state index in [-0.39, 0.29) is 24.7 Å². The molecule has 11 nitrogen and oxygen atoms in total. The first-order valence-electron chi connectivity index (χ1n) is 5.49.